The van der Waals surface area contributed by atoms with E-state index in [-0.39, 0.29) is 30.7 Å². The smallest absolute Gasteiger partial charge is 0.264 e. The van der Waals surface area contributed by atoms with Crippen LogP contribution in [0.4, 0.5) is 0 Å². The van der Waals surface area contributed by atoms with Crippen LogP contribution in [-0.2, 0) is 40.4 Å². The molecule has 1 saturated heterocycles. The van der Waals surface area contributed by atoms with Crippen LogP contribution in [0, 0.1) is 26.2 Å². The van der Waals surface area contributed by atoms with Crippen molar-refractivity contribution in [2.45, 2.75) is 94.7 Å². The molecule has 8 N–H and O–H groups in total. The van der Waals surface area contributed by atoms with Crippen molar-refractivity contribution < 1.29 is 37.1 Å². The van der Waals surface area contributed by atoms with Gasteiger partial charge in [0.25, 0.3) is 10.0 Å². The third-order valence-electron chi connectivity index (χ3n) is 9.60. The fourth-order valence-corrected chi connectivity index (χ4v) is 8.16. The number of hydrogen-bond acceptors (Lipinski definition) is 9. The summed E-state index contributed by atoms with van der Waals surface area (Å²) >= 11 is 0. The number of amides is 5. The first kappa shape index (κ1) is 40.6. The van der Waals surface area contributed by atoms with Crippen molar-refractivity contribution >= 4 is 45.5 Å². The Labute approximate surface area is 309 Å². The molecule has 0 unspecified atom stereocenters. The number of carbonyl (C=O) groups is 5. The van der Waals surface area contributed by atoms with Gasteiger partial charge in [-0.2, -0.15) is 0 Å². The summed E-state index contributed by atoms with van der Waals surface area (Å²) in [7, 11) is -2.64. The van der Waals surface area contributed by atoms with Crippen LogP contribution in [0.25, 0.3) is 0 Å². The lowest BCUT2D eigenvalue weighted by Crippen LogP contribution is -2.65. The zero-order valence-corrected chi connectivity index (χ0v) is 31.4. The van der Waals surface area contributed by atoms with E-state index < -0.39 is 76.2 Å². The van der Waals surface area contributed by atoms with Gasteiger partial charge in [-0.05, 0) is 74.8 Å². The fraction of sp³-hybridized carbons (Fsp3) is 0.500. The highest BCUT2D eigenvalue weighted by molar-refractivity contribution is 7.90. The number of ether oxygens (including phenoxy) is 1. The van der Waals surface area contributed by atoms with Crippen LogP contribution in [0.2, 0.25) is 0 Å². The van der Waals surface area contributed by atoms with Gasteiger partial charge in [0.05, 0.1) is 25.1 Å². The number of rotatable bonds is 9. The minimum absolute atomic E-state index is 0.0384. The maximum absolute atomic E-state index is 14.1. The molecule has 1 heterocycles. The third-order valence-corrected chi connectivity index (χ3v) is 11.2. The van der Waals surface area contributed by atoms with E-state index >= 15 is 0 Å². The van der Waals surface area contributed by atoms with E-state index in [4.69, 9.17) is 10.1 Å². The van der Waals surface area contributed by atoms with E-state index in [0.717, 1.165) is 12.0 Å². The molecule has 0 radical (unpaired) electrons. The van der Waals surface area contributed by atoms with E-state index in [1.165, 1.54) is 7.11 Å². The normalized spacial score (nSPS) is 20.0. The van der Waals surface area contributed by atoms with Crippen LogP contribution in [0.1, 0.15) is 67.2 Å². The Morgan fingerprint density at radius 1 is 0.887 bits per heavy atom. The molecule has 17 heteroatoms. The van der Waals surface area contributed by atoms with Crippen molar-refractivity contribution in [1.29, 1.82) is 5.41 Å². The average molecular weight is 755 g/mol. The van der Waals surface area contributed by atoms with E-state index in [1.54, 1.807) is 26.8 Å². The second kappa shape index (κ2) is 18.0. The van der Waals surface area contributed by atoms with Crippen LogP contribution in [0.15, 0.2) is 41.3 Å². The summed E-state index contributed by atoms with van der Waals surface area (Å²) < 4.78 is 34.1. The molecule has 0 bridgehead atoms. The number of aryl methyl sites for hydroxylation is 1. The van der Waals surface area contributed by atoms with Gasteiger partial charge in [0.15, 0.2) is 0 Å². The number of guanidine groups is 1. The molecule has 1 saturated carbocycles. The van der Waals surface area contributed by atoms with Crippen molar-refractivity contribution in [1.82, 2.24) is 36.6 Å². The molecule has 4 rings (SSSR count). The third kappa shape index (κ3) is 10.7. The lowest BCUT2D eigenvalue weighted by Gasteiger charge is -2.38. The number of benzene rings is 2. The van der Waals surface area contributed by atoms with Crippen molar-refractivity contribution in [3.8, 4) is 5.75 Å². The number of methoxy groups -OCH3 is 1. The quantitative estimate of drug-likeness (QED) is 0.101. The molecule has 0 aromatic heterocycles. The number of hydrogen-bond donors (Lipinski definition) is 8. The van der Waals surface area contributed by atoms with Crippen LogP contribution in [0.5, 0.6) is 5.75 Å². The minimum Gasteiger partial charge on any atom is -0.496 e. The summed E-state index contributed by atoms with van der Waals surface area (Å²) in [6, 6.07) is 8.51. The Hall–Kier alpha value is -5.19. The number of sulfonamides is 1. The molecule has 1 spiro atoms. The molecule has 288 valence electrons. The Bertz CT molecular complexity index is 1810. The van der Waals surface area contributed by atoms with E-state index in [1.807, 2.05) is 30.3 Å². The molecule has 53 heavy (non-hydrogen) atoms. The summed E-state index contributed by atoms with van der Waals surface area (Å²) in [6.45, 7) is 4.20. The Balaban J connectivity index is 1.48. The average Bonchev–Trinajstić information content (AvgIpc) is 3.12. The van der Waals surface area contributed by atoms with Crippen LogP contribution < -0.4 is 41.4 Å². The zero-order chi connectivity index (χ0) is 38.8. The van der Waals surface area contributed by atoms with Crippen molar-refractivity contribution in [2.75, 3.05) is 26.7 Å². The standard InChI is InChI=1S/C36H50N8O8S/c1-22-18-28(52-4)23(2)24(3)31(22)53(50,51)44-35(37)38-17-11-14-26-32(47)40-20-29(45)39-21-30(46)41-27(19-25-12-7-5-8-13-25)33(48)43-36(34(49)42-26)15-9-6-10-16-36/h5,7-8,12-13,18,26-27H,6,9-11,14-17,19-21H2,1-4H3,(H,39,45)(H,40,47)(H,41,46)(H,42,49)(H,43,48)(H3,37,38,44)/t26-,27+/m0/s1. The summed E-state index contributed by atoms with van der Waals surface area (Å²) in [5.74, 6) is -2.99. The highest BCUT2D eigenvalue weighted by Gasteiger charge is 2.43. The van der Waals surface area contributed by atoms with E-state index in [2.05, 4.69) is 36.6 Å². The van der Waals surface area contributed by atoms with Gasteiger partial charge in [-0.1, -0.05) is 49.6 Å². The molecule has 1 aliphatic heterocycles. The van der Waals surface area contributed by atoms with Gasteiger partial charge < -0.3 is 36.6 Å². The van der Waals surface area contributed by atoms with Gasteiger partial charge in [0, 0.05) is 13.0 Å². The number of nitrogens with one attached hydrogen (secondary N) is 8. The first-order chi connectivity index (χ1) is 25.2. The van der Waals surface area contributed by atoms with Gasteiger partial charge in [-0.15, -0.1) is 0 Å². The predicted molar refractivity (Wildman–Crippen MR) is 196 cm³/mol. The first-order valence-corrected chi connectivity index (χ1v) is 19.1. The maximum Gasteiger partial charge on any atom is 0.264 e. The molecule has 16 nitrogen and oxygen atoms in total. The topological polar surface area (TPSA) is 237 Å². The summed E-state index contributed by atoms with van der Waals surface area (Å²) in [5.41, 5.74) is 1.02. The maximum atomic E-state index is 14.1. The van der Waals surface area contributed by atoms with E-state index in [9.17, 15) is 32.4 Å². The zero-order valence-electron chi connectivity index (χ0n) is 30.6. The van der Waals surface area contributed by atoms with Gasteiger partial charge in [0.1, 0.15) is 23.4 Å². The largest absolute Gasteiger partial charge is 0.496 e. The monoisotopic (exact) mass is 754 g/mol. The molecule has 2 aromatic rings. The fourth-order valence-electron chi connectivity index (χ4n) is 6.68. The molecule has 2 aromatic carbocycles. The van der Waals surface area contributed by atoms with Crippen molar-refractivity contribution in [2.24, 2.45) is 0 Å². The van der Waals surface area contributed by atoms with Gasteiger partial charge in [-0.25, -0.2) is 13.1 Å². The predicted octanol–water partition coefficient (Wildman–Crippen LogP) is 0.481. The SMILES string of the molecule is COc1cc(C)c(S(=O)(=O)NC(=N)NCCC[C@@H]2NC(=O)C3(CCCCC3)NC(=O)[C@@H](Cc3ccccc3)NC(=O)CNC(=O)CNC2=O)c(C)c1C. The molecular formula is C36H50N8O8S. The van der Waals surface area contributed by atoms with E-state index in [0.29, 0.717) is 48.1 Å². The highest BCUT2D eigenvalue weighted by atomic mass is 32.2. The molecule has 2 aliphatic rings. The van der Waals surface area contributed by atoms with Gasteiger partial charge >= 0.3 is 0 Å². The molecule has 2 fully saturated rings. The Morgan fingerprint density at radius 3 is 2.25 bits per heavy atom. The van der Waals surface area contributed by atoms with Crippen LogP contribution in [0.3, 0.4) is 0 Å². The molecular weight excluding hydrogens is 705 g/mol. The summed E-state index contributed by atoms with van der Waals surface area (Å²) in [6.07, 6.45) is 3.17. The molecule has 1 aliphatic carbocycles. The second-order valence-corrected chi connectivity index (χ2v) is 15.1. The summed E-state index contributed by atoms with van der Waals surface area (Å²) in [5, 5.41) is 24.3. The van der Waals surface area contributed by atoms with Gasteiger partial charge in [-0.3, -0.25) is 29.4 Å². The van der Waals surface area contributed by atoms with Crippen LogP contribution >= 0.6 is 0 Å². The van der Waals surface area contributed by atoms with Gasteiger partial charge in [0.2, 0.25) is 35.5 Å². The van der Waals surface area contributed by atoms with Crippen molar-refractivity contribution in [3.63, 3.8) is 0 Å². The Kier molecular flexibility index (Phi) is 13.8. The Morgan fingerprint density at radius 2 is 1.57 bits per heavy atom. The molecule has 2 atom stereocenters. The van der Waals surface area contributed by atoms with Crippen molar-refractivity contribution in [3.05, 3.63) is 58.7 Å². The minimum atomic E-state index is -4.14. The van der Waals surface area contributed by atoms with Crippen LogP contribution in [-0.4, -0.2) is 88.3 Å². The summed E-state index contributed by atoms with van der Waals surface area (Å²) in [4.78, 5) is 66.7. The second-order valence-electron chi connectivity index (χ2n) is 13.5. The highest BCUT2D eigenvalue weighted by Crippen LogP contribution is 2.31. The lowest BCUT2D eigenvalue weighted by molar-refractivity contribution is -0.138. The number of carbonyl (C=O) groups excluding carboxylic acids is 5. The molecule has 5 amide bonds. The first-order valence-electron chi connectivity index (χ1n) is 17.7. The lowest BCUT2D eigenvalue weighted by atomic mass is 9.80.